The van der Waals surface area contributed by atoms with Crippen LogP contribution in [0.2, 0.25) is 0 Å². The van der Waals surface area contributed by atoms with Crippen molar-refractivity contribution in [1.82, 2.24) is 4.90 Å². The van der Waals surface area contributed by atoms with E-state index in [1.807, 2.05) is 7.11 Å². The summed E-state index contributed by atoms with van der Waals surface area (Å²) in [6, 6.07) is 0.825. The summed E-state index contributed by atoms with van der Waals surface area (Å²) >= 11 is 0. The summed E-state index contributed by atoms with van der Waals surface area (Å²) in [6.07, 6.45) is 6.70. The van der Waals surface area contributed by atoms with E-state index in [2.05, 4.69) is 11.8 Å². The maximum absolute atomic E-state index is 5.99. The van der Waals surface area contributed by atoms with Crippen molar-refractivity contribution in [2.24, 2.45) is 5.73 Å². The van der Waals surface area contributed by atoms with Gasteiger partial charge >= 0.3 is 0 Å². The SMILES string of the molecule is CCCN(C1CC1)C1(CN)CC(OC)C1. The molecule has 2 rings (SSSR count). The van der Waals surface area contributed by atoms with Crippen molar-refractivity contribution in [3.63, 3.8) is 0 Å². The molecule has 0 spiro atoms. The molecule has 3 nitrogen and oxygen atoms in total. The normalized spacial score (nSPS) is 35.6. The van der Waals surface area contributed by atoms with Crippen LogP contribution in [0.1, 0.15) is 39.0 Å². The lowest BCUT2D eigenvalue weighted by Crippen LogP contribution is -2.64. The van der Waals surface area contributed by atoms with E-state index < -0.39 is 0 Å². The van der Waals surface area contributed by atoms with E-state index in [1.165, 1.54) is 25.8 Å². The summed E-state index contributed by atoms with van der Waals surface area (Å²) in [5.41, 5.74) is 6.26. The molecule has 0 aromatic rings. The lowest BCUT2D eigenvalue weighted by molar-refractivity contribution is -0.0906. The first kappa shape index (κ1) is 11.4. The second-order valence-electron chi connectivity index (χ2n) is 5.12. The lowest BCUT2D eigenvalue weighted by atomic mass is 9.72. The maximum Gasteiger partial charge on any atom is 0.0607 e. The summed E-state index contributed by atoms with van der Waals surface area (Å²) in [5, 5.41) is 0. The standard InChI is InChI=1S/C12H24N2O/c1-3-6-14(10-4-5-10)12(9-13)7-11(8-12)15-2/h10-11H,3-9,13H2,1-2H3. The van der Waals surface area contributed by atoms with Crippen LogP contribution in [0.4, 0.5) is 0 Å². The topological polar surface area (TPSA) is 38.5 Å². The van der Waals surface area contributed by atoms with Crippen molar-refractivity contribution in [2.75, 3.05) is 20.2 Å². The van der Waals surface area contributed by atoms with Crippen LogP contribution < -0.4 is 5.73 Å². The number of rotatable bonds is 6. The molecule has 0 atom stereocenters. The number of hydrogen-bond donors (Lipinski definition) is 1. The second-order valence-corrected chi connectivity index (χ2v) is 5.12. The first-order valence-electron chi connectivity index (χ1n) is 6.25. The number of hydrogen-bond acceptors (Lipinski definition) is 3. The van der Waals surface area contributed by atoms with Crippen molar-refractivity contribution in [2.45, 2.75) is 56.7 Å². The molecule has 2 saturated carbocycles. The van der Waals surface area contributed by atoms with Crippen LogP contribution in [0.3, 0.4) is 0 Å². The Hall–Kier alpha value is -0.120. The summed E-state index contributed by atoms with van der Waals surface area (Å²) in [6.45, 7) is 4.26. The van der Waals surface area contributed by atoms with Gasteiger partial charge in [0.25, 0.3) is 0 Å². The fraction of sp³-hybridized carbons (Fsp3) is 1.00. The molecule has 0 aromatic heterocycles. The van der Waals surface area contributed by atoms with Gasteiger partial charge in [-0.1, -0.05) is 6.92 Å². The molecule has 2 N–H and O–H groups in total. The van der Waals surface area contributed by atoms with E-state index in [-0.39, 0.29) is 5.54 Å². The maximum atomic E-state index is 5.99. The monoisotopic (exact) mass is 212 g/mol. The fourth-order valence-electron chi connectivity index (χ4n) is 2.91. The molecular weight excluding hydrogens is 188 g/mol. The highest BCUT2D eigenvalue weighted by Crippen LogP contribution is 2.44. The highest BCUT2D eigenvalue weighted by Gasteiger charge is 2.51. The predicted octanol–water partition coefficient (Wildman–Crippen LogP) is 1.37. The van der Waals surface area contributed by atoms with Gasteiger partial charge in [0.1, 0.15) is 0 Å². The first-order chi connectivity index (χ1) is 7.25. The Bertz CT molecular complexity index is 210. The van der Waals surface area contributed by atoms with E-state index in [0.29, 0.717) is 6.10 Å². The molecule has 0 heterocycles. The van der Waals surface area contributed by atoms with E-state index in [9.17, 15) is 0 Å². The zero-order valence-corrected chi connectivity index (χ0v) is 10.0. The summed E-state index contributed by atoms with van der Waals surface area (Å²) in [4.78, 5) is 2.67. The number of ether oxygens (including phenoxy) is 1. The van der Waals surface area contributed by atoms with Gasteiger partial charge in [-0.05, 0) is 38.6 Å². The molecule has 88 valence electrons. The number of nitrogens with zero attached hydrogens (tertiary/aromatic N) is 1. The van der Waals surface area contributed by atoms with Crippen LogP contribution in [0.5, 0.6) is 0 Å². The molecule has 0 unspecified atom stereocenters. The van der Waals surface area contributed by atoms with E-state index in [1.54, 1.807) is 0 Å². The Morgan fingerprint density at radius 3 is 2.47 bits per heavy atom. The minimum absolute atomic E-state index is 0.276. The van der Waals surface area contributed by atoms with Crippen molar-refractivity contribution >= 4 is 0 Å². The fourth-order valence-corrected chi connectivity index (χ4v) is 2.91. The zero-order valence-electron chi connectivity index (χ0n) is 10.0. The molecule has 2 aliphatic rings. The average Bonchev–Trinajstić information content (AvgIpc) is 2.99. The smallest absolute Gasteiger partial charge is 0.0607 e. The number of nitrogens with two attached hydrogens (primary N) is 1. The van der Waals surface area contributed by atoms with Crippen LogP contribution in [0.15, 0.2) is 0 Å². The van der Waals surface area contributed by atoms with Gasteiger partial charge in [-0.15, -0.1) is 0 Å². The van der Waals surface area contributed by atoms with Crippen molar-refractivity contribution in [3.8, 4) is 0 Å². The Balaban J connectivity index is 1.97. The largest absolute Gasteiger partial charge is 0.381 e. The van der Waals surface area contributed by atoms with Crippen LogP contribution in [0, 0.1) is 0 Å². The van der Waals surface area contributed by atoms with E-state index in [0.717, 1.165) is 25.4 Å². The summed E-state index contributed by atoms with van der Waals surface area (Å²) < 4.78 is 5.39. The third kappa shape index (κ3) is 2.05. The van der Waals surface area contributed by atoms with Crippen LogP contribution >= 0.6 is 0 Å². The molecular formula is C12H24N2O. The van der Waals surface area contributed by atoms with Gasteiger partial charge in [-0.3, -0.25) is 4.90 Å². The van der Waals surface area contributed by atoms with Gasteiger partial charge in [0, 0.05) is 25.2 Å². The quantitative estimate of drug-likeness (QED) is 0.722. The van der Waals surface area contributed by atoms with Crippen LogP contribution in [-0.2, 0) is 4.74 Å². The van der Waals surface area contributed by atoms with Gasteiger partial charge < -0.3 is 10.5 Å². The van der Waals surface area contributed by atoms with Gasteiger partial charge in [0.2, 0.25) is 0 Å². The third-order valence-electron chi connectivity index (χ3n) is 3.99. The third-order valence-corrected chi connectivity index (χ3v) is 3.99. The highest BCUT2D eigenvalue weighted by atomic mass is 16.5. The van der Waals surface area contributed by atoms with Gasteiger partial charge in [-0.2, -0.15) is 0 Å². The van der Waals surface area contributed by atoms with E-state index in [4.69, 9.17) is 10.5 Å². The van der Waals surface area contributed by atoms with E-state index >= 15 is 0 Å². The molecule has 2 fully saturated rings. The summed E-state index contributed by atoms with van der Waals surface area (Å²) in [7, 11) is 1.81. The Kier molecular flexibility index (Phi) is 3.33. The lowest BCUT2D eigenvalue weighted by Gasteiger charge is -2.53. The van der Waals surface area contributed by atoms with Crippen LogP contribution in [0.25, 0.3) is 0 Å². The first-order valence-corrected chi connectivity index (χ1v) is 6.25. The van der Waals surface area contributed by atoms with Gasteiger partial charge in [-0.25, -0.2) is 0 Å². The molecule has 2 aliphatic carbocycles. The van der Waals surface area contributed by atoms with Crippen LogP contribution in [-0.4, -0.2) is 42.8 Å². The minimum atomic E-state index is 0.276. The van der Waals surface area contributed by atoms with Crippen molar-refractivity contribution in [3.05, 3.63) is 0 Å². The Morgan fingerprint density at radius 1 is 1.40 bits per heavy atom. The average molecular weight is 212 g/mol. The molecule has 0 radical (unpaired) electrons. The minimum Gasteiger partial charge on any atom is -0.381 e. The molecule has 0 bridgehead atoms. The second kappa shape index (κ2) is 4.40. The number of methoxy groups -OCH3 is 1. The molecule has 0 amide bonds. The van der Waals surface area contributed by atoms with Crippen molar-refractivity contribution < 1.29 is 4.74 Å². The zero-order chi connectivity index (χ0) is 10.9. The molecule has 15 heavy (non-hydrogen) atoms. The molecule has 3 heteroatoms. The molecule has 0 aromatic carbocycles. The van der Waals surface area contributed by atoms with Crippen molar-refractivity contribution in [1.29, 1.82) is 0 Å². The highest BCUT2D eigenvalue weighted by molar-refractivity contribution is 5.08. The Labute approximate surface area is 93.0 Å². The van der Waals surface area contributed by atoms with Gasteiger partial charge in [0.15, 0.2) is 0 Å². The Morgan fingerprint density at radius 2 is 2.07 bits per heavy atom. The molecule has 0 aliphatic heterocycles. The summed E-state index contributed by atoms with van der Waals surface area (Å²) in [5.74, 6) is 0. The van der Waals surface area contributed by atoms with Gasteiger partial charge in [0.05, 0.1) is 6.10 Å². The molecule has 0 saturated heterocycles. The predicted molar refractivity (Wildman–Crippen MR) is 61.8 cm³/mol.